The zero-order chi connectivity index (χ0) is 32.5. The lowest BCUT2D eigenvalue weighted by Crippen LogP contribution is -2.54. The van der Waals surface area contributed by atoms with Gasteiger partial charge in [-0.2, -0.15) is 0 Å². The molecule has 1 N–H and O–H groups in total. The third-order valence-electron chi connectivity index (χ3n) is 9.75. The third-order valence-corrected chi connectivity index (χ3v) is 9.75. The summed E-state index contributed by atoms with van der Waals surface area (Å²) in [5.41, 5.74) is 2.66. The normalized spacial score (nSPS) is 13.4. The van der Waals surface area contributed by atoms with Crippen molar-refractivity contribution in [1.29, 1.82) is 0 Å². The Morgan fingerprint density at radius 1 is 0.674 bits per heavy atom. The lowest BCUT2D eigenvalue weighted by Gasteiger charge is -2.41. The van der Waals surface area contributed by atoms with Gasteiger partial charge < -0.3 is 5.32 Å². The van der Waals surface area contributed by atoms with Crippen LogP contribution in [0.15, 0.2) is 60.7 Å². The van der Waals surface area contributed by atoms with E-state index in [4.69, 9.17) is 0 Å². The van der Waals surface area contributed by atoms with Crippen molar-refractivity contribution in [3.63, 3.8) is 0 Å². The average molecular weight is 633 g/mol. The highest BCUT2D eigenvalue weighted by atomic mass is 16.2. The first kappa shape index (κ1) is 37.8. The highest BCUT2D eigenvalue weighted by Gasteiger charge is 2.34. The lowest BCUT2D eigenvalue weighted by molar-refractivity contribution is -0.961. The Bertz CT molecular complexity index is 1020. The molecule has 1 fully saturated rings. The van der Waals surface area contributed by atoms with Gasteiger partial charge >= 0.3 is 0 Å². The van der Waals surface area contributed by atoms with Gasteiger partial charge in [0.05, 0.1) is 6.54 Å². The number of nitrogens with one attached hydrogen (secondary N) is 1. The Hall–Kier alpha value is -2.66. The monoisotopic (exact) mass is 633 g/mol. The molecule has 0 bridgehead atoms. The van der Waals surface area contributed by atoms with Crippen LogP contribution in [0.2, 0.25) is 0 Å². The van der Waals surface area contributed by atoms with E-state index in [2.05, 4.69) is 77.8 Å². The molecule has 0 saturated carbocycles. The van der Waals surface area contributed by atoms with Crippen LogP contribution in [0.5, 0.6) is 0 Å². The van der Waals surface area contributed by atoms with Crippen molar-refractivity contribution < 1.29 is 14.1 Å². The molecule has 0 aliphatic carbocycles. The van der Waals surface area contributed by atoms with Crippen molar-refractivity contribution in [1.82, 2.24) is 10.2 Å². The van der Waals surface area contributed by atoms with Crippen molar-refractivity contribution in [3.05, 3.63) is 71.8 Å². The zero-order valence-corrected chi connectivity index (χ0v) is 29.4. The van der Waals surface area contributed by atoms with Crippen molar-refractivity contribution in [2.45, 2.75) is 148 Å². The standard InChI is InChI=1S/C41H65N3O2/c1-2-3-4-5-6-7-8-9-10-11-12-13-22-30-40(45)42-32-23-14-15-24-34-44(35-38-26-18-16-19-27-38,36-39-28-20-17-21-29-39)37-43-33-25-31-41(43)46/h16-21,26-29H,2-15,22-25,30-37H2,1H3/p+1. The molecule has 0 atom stereocenters. The lowest BCUT2D eigenvalue weighted by atomic mass is 10.0. The summed E-state index contributed by atoms with van der Waals surface area (Å²) in [5, 5.41) is 3.16. The molecule has 0 unspecified atom stereocenters. The van der Waals surface area contributed by atoms with Crippen LogP contribution < -0.4 is 5.32 Å². The predicted octanol–water partition coefficient (Wildman–Crippen LogP) is 9.94. The number of rotatable bonds is 27. The van der Waals surface area contributed by atoms with E-state index in [9.17, 15) is 9.59 Å². The summed E-state index contributed by atoms with van der Waals surface area (Å²) in [5.74, 6) is 0.526. The molecule has 3 rings (SSSR count). The minimum absolute atomic E-state index is 0.222. The molecule has 5 heteroatoms. The Labute approximate surface area is 282 Å². The molecule has 0 aromatic heterocycles. The van der Waals surface area contributed by atoms with Gasteiger partial charge in [0.2, 0.25) is 11.8 Å². The molecule has 1 aliphatic rings. The molecule has 5 nitrogen and oxygen atoms in total. The smallest absolute Gasteiger partial charge is 0.226 e. The van der Waals surface area contributed by atoms with E-state index in [0.717, 1.165) is 82.4 Å². The number of benzene rings is 2. The molecule has 1 saturated heterocycles. The van der Waals surface area contributed by atoms with Gasteiger partial charge in [-0.15, -0.1) is 0 Å². The fourth-order valence-corrected chi connectivity index (χ4v) is 7.09. The number of unbranched alkanes of at least 4 members (excludes halogenated alkanes) is 15. The number of nitrogens with zero attached hydrogens (tertiary/aromatic N) is 2. The van der Waals surface area contributed by atoms with Crippen LogP contribution in [0, 0.1) is 0 Å². The molecular weight excluding hydrogens is 566 g/mol. The average Bonchev–Trinajstić information content (AvgIpc) is 3.47. The number of quaternary nitrogens is 1. The number of likely N-dealkylation sites (tertiary alicyclic amines) is 1. The number of carbonyl (C=O) groups is 2. The molecule has 2 amide bonds. The van der Waals surface area contributed by atoms with Crippen molar-refractivity contribution in [3.8, 4) is 0 Å². The summed E-state index contributed by atoms with van der Waals surface area (Å²) >= 11 is 0. The Kier molecular flexibility index (Phi) is 19.4. The number of carbonyl (C=O) groups excluding carboxylic acids is 2. The third kappa shape index (κ3) is 16.3. The van der Waals surface area contributed by atoms with Gasteiger partial charge in [-0.3, -0.25) is 19.0 Å². The molecule has 1 aliphatic heterocycles. The predicted molar refractivity (Wildman–Crippen MR) is 193 cm³/mol. The van der Waals surface area contributed by atoms with E-state index in [0.29, 0.717) is 18.7 Å². The van der Waals surface area contributed by atoms with Gasteiger partial charge in [0, 0.05) is 37.1 Å². The minimum atomic E-state index is 0.222. The first-order chi connectivity index (χ1) is 22.6. The summed E-state index contributed by atoms with van der Waals surface area (Å²) in [7, 11) is 0. The molecule has 2 aromatic rings. The summed E-state index contributed by atoms with van der Waals surface area (Å²) in [6.45, 7) is 7.61. The molecule has 0 spiro atoms. The largest absolute Gasteiger partial charge is 0.356 e. The maximum atomic E-state index is 12.7. The van der Waals surface area contributed by atoms with Crippen LogP contribution in [0.3, 0.4) is 0 Å². The maximum absolute atomic E-state index is 12.7. The molecule has 256 valence electrons. The fraction of sp³-hybridized carbons (Fsp3) is 0.659. The van der Waals surface area contributed by atoms with Crippen molar-refractivity contribution in [2.24, 2.45) is 0 Å². The van der Waals surface area contributed by atoms with Crippen LogP contribution in [0.25, 0.3) is 0 Å². The fourth-order valence-electron chi connectivity index (χ4n) is 7.09. The number of hydrogen-bond acceptors (Lipinski definition) is 2. The zero-order valence-electron chi connectivity index (χ0n) is 29.4. The molecule has 46 heavy (non-hydrogen) atoms. The Morgan fingerprint density at radius 2 is 1.17 bits per heavy atom. The van der Waals surface area contributed by atoms with Crippen LogP contribution in [0.1, 0.15) is 146 Å². The van der Waals surface area contributed by atoms with Gasteiger partial charge in [0.1, 0.15) is 13.1 Å². The Morgan fingerprint density at radius 3 is 1.70 bits per heavy atom. The van der Waals surface area contributed by atoms with Gasteiger partial charge in [0.15, 0.2) is 6.67 Å². The van der Waals surface area contributed by atoms with Crippen LogP contribution in [0.4, 0.5) is 0 Å². The Balaban J connectivity index is 1.31. The second kappa shape index (κ2) is 23.6. The van der Waals surface area contributed by atoms with E-state index >= 15 is 0 Å². The second-order valence-corrected chi connectivity index (χ2v) is 14.0. The van der Waals surface area contributed by atoms with Crippen molar-refractivity contribution in [2.75, 3.05) is 26.3 Å². The second-order valence-electron chi connectivity index (χ2n) is 14.0. The van der Waals surface area contributed by atoms with Crippen molar-refractivity contribution >= 4 is 11.8 Å². The number of amides is 2. The highest BCUT2D eigenvalue weighted by molar-refractivity contribution is 5.77. The van der Waals surface area contributed by atoms with Crippen LogP contribution in [-0.2, 0) is 22.7 Å². The number of hydrogen-bond donors (Lipinski definition) is 1. The minimum Gasteiger partial charge on any atom is -0.356 e. The molecular formula is C41H66N3O2+. The summed E-state index contributed by atoms with van der Waals surface area (Å²) in [6, 6.07) is 21.6. The maximum Gasteiger partial charge on any atom is 0.226 e. The highest BCUT2D eigenvalue weighted by Crippen LogP contribution is 2.25. The van der Waals surface area contributed by atoms with Gasteiger partial charge in [-0.25, -0.2) is 0 Å². The SMILES string of the molecule is CCCCCCCCCCCCCCCC(=O)NCCCCCC[N+](Cc1ccccc1)(Cc1ccccc1)CN1CCCC1=O. The molecule has 0 radical (unpaired) electrons. The topological polar surface area (TPSA) is 49.4 Å². The van der Waals surface area contributed by atoms with Gasteiger partial charge in [-0.1, -0.05) is 151 Å². The van der Waals surface area contributed by atoms with E-state index in [-0.39, 0.29) is 5.91 Å². The first-order valence-electron chi connectivity index (χ1n) is 19.1. The molecule has 1 heterocycles. The van der Waals surface area contributed by atoms with Gasteiger partial charge in [0.25, 0.3) is 0 Å². The van der Waals surface area contributed by atoms with Crippen LogP contribution >= 0.6 is 0 Å². The summed E-state index contributed by atoms with van der Waals surface area (Å²) < 4.78 is 0.871. The first-order valence-corrected chi connectivity index (χ1v) is 19.1. The summed E-state index contributed by atoms with van der Waals surface area (Å²) in [4.78, 5) is 27.2. The van der Waals surface area contributed by atoms with Gasteiger partial charge in [-0.05, 0) is 32.1 Å². The van der Waals surface area contributed by atoms with Crippen LogP contribution in [-0.4, -0.2) is 47.5 Å². The van der Waals surface area contributed by atoms with E-state index in [1.165, 1.54) is 88.2 Å². The van der Waals surface area contributed by atoms with E-state index in [1.54, 1.807) is 0 Å². The molecule has 2 aromatic carbocycles. The quantitative estimate of drug-likeness (QED) is 0.0787. The summed E-state index contributed by atoms with van der Waals surface area (Å²) in [6.07, 6.45) is 24.1. The van der Waals surface area contributed by atoms with E-state index < -0.39 is 0 Å². The van der Waals surface area contributed by atoms with E-state index in [1.807, 2.05) is 0 Å².